The van der Waals surface area contributed by atoms with Crippen molar-refractivity contribution in [3.8, 4) is 0 Å². The highest BCUT2D eigenvalue weighted by molar-refractivity contribution is 8.07. The number of nitrogens with zero attached hydrogens (tertiary/aromatic N) is 1. The topological polar surface area (TPSA) is 24.9 Å². The van der Waals surface area contributed by atoms with Crippen LogP contribution in [0.1, 0.15) is 24.9 Å². The van der Waals surface area contributed by atoms with Crippen LogP contribution in [0.3, 0.4) is 0 Å². The molecule has 1 aromatic heterocycles. The molecule has 0 radical (unpaired) electrons. The summed E-state index contributed by atoms with van der Waals surface area (Å²) >= 11 is 4.25. The van der Waals surface area contributed by atoms with Crippen LogP contribution in [-0.2, 0) is 0 Å². The largest absolute Gasteiger partial charge is 0.312 e. The van der Waals surface area contributed by atoms with Crippen molar-refractivity contribution in [1.29, 1.82) is 0 Å². The average Bonchev–Trinajstić information content (AvgIpc) is 2.56. The van der Waals surface area contributed by atoms with Gasteiger partial charge in [-0.25, -0.2) is 0 Å². The zero-order valence-corrected chi connectivity index (χ0v) is 14.2. The van der Waals surface area contributed by atoms with Gasteiger partial charge in [0.1, 0.15) is 0 Å². The van der Waals surface area contributed by atoms with E-state index in [2.05, 4.69) is 78.3 Å². The number of benzene rings is 1. The van der Waals surface area contributed by atoms with Crippen LogP contribution in [0.25, 0.3) is 10.8 Å². The van der Waals surface area contributed by atoms with Crippen LogP contribution in [0.2, 0.25) is 0 Å². The molecule has 4 heteroatoms. The summed E-state index contributed by atoms with van der Waals surface area (Å²) in [6.07, 6.45) is 5.25. The van der Waals surface area contributed by atoms with Gasteiger partial charge in [0.25, 0.3) is 0 Å². The van der Waals surface area contributed by atoms with Gasteiger partial charge in [-0.2, -0.15) is 23.5 Å². The van der Waals surface area contributed by atoms with Gasteiger partial charge in [-0.05, 0) is 24.4 Å². The van der Waals surface area contributed by atoms with Crippen molar-refractivity contribution in [2.75, 3.05) is 18.6 Å². The van der Waals surface area contributed by atoms with Gasteiger partial charge in [0.2, 0.25) is 0 Å². The summed E-state index contributed by atoms with van der Waals surface area (Å²) < 4.78 is 0. The first kappa shape index (κ1) is 15.2. The molecule has 3 rings (SSSR count). The van der Waals surface area contributed by atoms with Crippen molar-refractivity contribution in [2.45, 2.75) is 29.9 Å². The molecular formula is C17H22N2S2. The first-order valence-electron chi connectivity index (χ1n) is 7.58. The molecule has 0 bridgehead atoms. The minimum absolute atomic E-state index is 0.367. The fraction of sp³-hybridized carbons (Fsp3) is 0.471. The van der Waals surface area contributed by atoms with Gasteiger partial charge in [-0.1, -0.05) is 31.2 Å². The number of nitrogens with one attached hydrogen (secondary N) is 1. The molecular weight excluding hydrogens is 296 g/mol. The van der Waals surface area contributed by atoms with Gasteiger partial charge in [0, 0.05) is 45.8 Å². The third-order valence-corrected chi connectivity index (χ3v) is 7.52. The Kier molecular flexibility index (Phi) is 5.09. The SMILES string of the molecule is CCC1SCCSC1C(NC)c1cncc2ccccc12. The van der Waals surface area contributed by atoms with E-state index in [1.165, 1.54) is 34.3 Å². The molecule has 1 aliphatic heterocycles. The molecule has 0 spiro atoms. The third-order valence-electron chi connectivity index (χ3n) is 4.17. The van der Waals surface area contributed by atoms with E-state index in [1.807, 2.05) is 6.20 Å². The maximum Gasteiger partial charge on any atom is 0.0470 e. The van der Waals surface area contributed by atoms with Crippen molar-refractivity contribution in [1.82, 2.24) is 10.3 Å². The highest BCUT2D eigenvalue weighted by atomic mass is 32.2. The van der Waals surface area contributed by atoms with Crippen LogP contribution in [0, 0.1) is 0 Å². The first-order chi connectivity index (χ1) is 10.3. The van der Waals surface area contributed by atoms with E-state index in [0.29, 0.717) is 11.3 Å². The van der Waals surface area contributed by atoms with Crippen LogP contribution >= 0.6 is 23.5 Å². The van der Waals surface area contributed by atoms with Crippen LogP contribution in [0.5, 0.6) is 0 Å². The molecule has 2 nitrogen and oxygen atoms in total. The molecule has 0 amide bonds. The van der Waals surface area contributed by atoms with Gasteiger partial charge in [-0.3, -0.25) is 4.98 Å². The Morgan fingerprint density at radius 1 is 1.24 bits per heavy atom. The van der Waals surface area contributed by atoms with E-state index < -0.39 is 0 Å². The van der Waals surface area contributed by atoms with E-state index in [0.717, 1.165) is 5.25 Å². The van der Waals surface area contributed by atoms with Crippen LogP contribution in [-0.4, -0.2) is 34.0 Å². The van der Waals surface area contributed by atoms with Gasteiger partial charge in [0.05, 0.1) is 0 Å². The number of hydrogen-bond acceptors (Lipinski definition) is 4. The number of rotatable bonds is 4. The molecule has 3 unspecified atom stereocenters. The molecule has 1 aromatic carbocycles. The Morgan fingerprint density at radius 3 is 2.86 bits per heavy atom. The molecule has 1 fully saturated rings. The monoisotopic (exact) mass is 318 g/mol. The summed E-state index contributed by atoms with van der Waals surface area (Å²) in [6, 6.07) is 8.95. The predicted octanol–water partition coefficient (Wildman–Crippen LogP) is 4.12. The van der Waals surface area contributed by atoms with Crippen LogP contribution in [0.4, 0.5) is 0 Å². The molecule has 1 aliphatic rings. The van der Waals surface area contributed by atoms with Gasteiger partial charge in [0.15, 0.2) is 0 Å². The van der Waals surface area contributed by atoms with Crippen molar-refractivity contribution in [3.05, 3.63) is 42.2 Å². The lowest BCUT2D eigenvalue weighted by Gasteiger charge is -2.36. The summed E-state index contributed by atoms with van der Waals surface area (Å²) in [5.74, 6) is 2.53. The Morgan fingerprint density at radius 2 is 2.05 bits per heavy atom. The second kappa shape index (κ2) is 7.03. The Labute approximate surface area is 135 Å². The second-order valence-electron chi connectivity index (χ2n) is 5.37. The smallest absolute Gasteiger partial charge is 0.0470 e. The minimum atomic E-state index is 0.367. The van der Waals surface area contributed by atoms with E-state index >= 15 is 0 Å². The molecule has 2 heterocycles. The van der Waals surface area contributed by atoms with Gasteiger partial charge >= 0.3 is 0 Å². The molecule has 1 saturated heterocycles. The van der Waals surface area contributed by atoms with Crippen molar-refractivity contribution < 1.29 is 0 Å². The van der Waals surface area contributed by atoms with Gasteiger partial charge in [-0.15, -0.1) is 0 Å². The highest BCUT2D eigenvalue weighted by Gasteiger charge is 2.33. The van der Waals surface area contributed by atoms with E-state index in [1.54, 1.807) is 0 Å². The van der Waals surface area contributed by atoms with Crippen LogP contribution < -0.4 is 5.32 Å². The van der Waals surface area contributed by atoms with Crippen molar-refractivity contribution >= 4 is 34.3 Å². The highest BCUT2D eigenvalue weighted by Crippen LogP contribution is 2.41. The third kappa shape index (κ3) is 3.08. The molecule has 0 aliphatic carbocycles. The number of aromatic nitrogens is 1. The number of fused-ring (bicyclic) bond motifs is 1. The minimum Gasteiger partial charge on any atom is -0.312 e. The lowest BCUT2D eigenvalue weighted by Crippen LogP contribution is -2.37. The zero-order chi connectivity index (χ0) is 14.7. The standard InChI is InChI=1S/C17H22N2S2/c1-3-15-17(21-9-8-20-15)16(18-2)14-11-19-10-12-6-4-5-7-13(12)14/h4-7,10-11,15-18H,3,8-9H2,1-2H3. The Bertz CT molecular complexity index is 597. The maximum absolute atomic E-state index is 4.47. The molecule has 1 N–H and O–H groups in total. The Hall–Kier alpha value is -0.710. The Balaban J connectivity index is 2.01. The fourth-order valence-electron chi connectivity index (χ4n) is 3.13. The summed E-state index contributed by atoms with van der Waals surface area (Å²) in [4.78, 5) is 4.47. The molecule has 0 saturated carbocycles. The molecule has 112 valence electrons. The lowest BCUT2D eigenvalue weighted by atomic mass is 9.97. The number of thioether (sulfide) groups is 2. The van der Waals surface area contributed by atoms with Gasteiger partial charge < -0.3 is 5.32 Å². The maximum atomic E-state index is 4.47. The fourth-order valence-corrected chi connectivity index (χ4v) is 6.41. The summed E-state index contributed by atoms with van der Waals surface area (Å²) in [7, 11) is 2.08. The summed E-state index contributed by atoms with van der Waals surface area (Å²) in [5, 5.41) is 7.47. The lowest BCUT2D eigenvalue weighted by molar-refractivity contribution is 0.545. The van der Waals surface area contributed by atoms with Crippen LogP contribution in [0.15, 0.2) is 36.7 Å². The molecule has 21 heavy (non-hydrogen) atoms. The molecule has 3 atom stereocenters. The summed E-state index contributed by atoms with van der Waals surface area (Å²) in [6.45, 7) is 2.31. The quantitative estimate of drug-likeness (QED) is 0.916. The summed E-state index contributed by atoms with van der Waals surface area (Å²) in [5.41, 5.74) is 1.34. The number of hydrogen-bond donors (Lipinski definition) is 1. The molecule has 2 aromatic rings. The zero-order valence-electron chi connectivity index (χ0n) is 12.6. The normalized spacial score (nSPS) is 24.1. The van der Waals surface area contributed by atoms with Crippen molar-refractivity contribution in [3.63, 3.8) is 0 Å². The predicted molar refractivity (Wildman–Crippen MR) is 96.3 cm³/mol. The number of pyridine rings is 1. The average molecular weight is 319 g/mol. The second-order valence-corrected chi connectivity index (χ2v) is 8.00. The first-order valence-corrected chi connectivity index (χ1v) is 9.68. The van der Waals surface area contributed by atoms with E-state index in [-0.39, 0.29) is 0 Å². The van der Waals surface area contributed by atoms with E-state index in [4.69, 9.17) is 0 Å². The van der Waals surface area contributed by atoms with Crippen molar-refractivity contribution in [2.24, 2.45) is 0 Å². The van der Waals surface area contributed by atoms with E-state index in [9.17, 15) is 0 Å².